The first-order chi connectivity index (χ1) is 7.28. The molecule has 0 fully saturated rings. The minimum atomic E-state index is -0.490. The standard InChI is InChI=1S/C10H20N4O2/c1-8(6-7-12-13-11)14(5)9(15)16-10(2,3)4/h8H,6-7H2,1-5H3. The van der Waals surface area contributed by atoms with Crippen molar-refractivity contribution in [3.05, 3.63) is 10.4 Å². The minimum absolute atomic E-state index is 0.0136. The monoisotopic (exact) mass is 228 g/mol. The molecule has 0 radical (unpaired) electrons. The van der Waals surface area contributed by atoms with Crippen LogP contribution in [0.1, 0.15) is 34.1 Å². The number of hydrogen-bond acceptors (Lipinski definition) is 3. The van der Waals surface area contributed by atoms with Gasteiger partial charge in [-0.05, 0) is 39.6 Å². The third kappa shape index (κ3) is 6.14. The van der Waals surface area contributed by atoms with Gasteiger partial charge in [-0.15, -0.1) is 0 Å². The Morgan fingerprint density at radius 1 is 1.56 bits per heavy atom. The van der Waals surface area contributed by atoms with E-state index >= 15 is 0 Å². The van der Waals surface area contributed by atoms with Crippen molar-refractivity contribution in [2.45, 2.75) is 45.8 Å². The molecule has 0 aliphatic heterocycles. The van der Waals surface area contributed by atoms with Crippen molar-refractivity contribution in [1.29, 1.82) is 0 Å². The number of rotatable bonds is 4. The number of hydrogen-bond donors (Lipinski definition) is 0. The molecule has 0 aromatic carbocycles. The van der Waals surface area contributed by atoms with Gasteiger partial charge in [0.2, 0.25) is 0 Å². The third-order valence-corrected chi connectivity index (χ3v) is 2.05. The number of carbonyl (C=O) groups is 1. The van der Waals surface area contributed by atoms with Crippen molar-refractivity contribution in [3.8, 4) is 0 Å². The fourth-order valence-electron chi connectivity index (χ4n) is 0.997. The topological polar surface area (TPSA) is 78.3 Å². The molecule has 0 N–H and O–H groups in total. The summed E-state index contributed by atoms with van der Waals surface area (Å²) < 4.78 is 5.21. The van der Waals surface area contributed by atoms with Gasteiger partial charge in [0.25, 0.3) is 0 Å². The molecule has 0 aromatic rings. The summed E-state index contributed by atoms with van der Waals surface area (Å²) in [6, 6.07) is -0.0136. The molecule has 0 saturated carbocycles. The quantitative estimate of drug-likeness (QED) is 0.421. The largest absolute Gasteiger partial charge is 0.444 e. The van der Waals surface area contributed by atoms with Crippen LogP contribution in [-0.4, -0.2) is 36.2 Å². The van der Waals surface area contributed by atoms with E-state index in [0.717, 1.165) is 0 Å². The molecule has 0 aliphatic carbocycles. The van der Waals surface area contributed by atoms with E-state index in [1.165, 1.54) is 4.90 Å². The van der Waals surface area contributed by atoms with Gasteiger partial charge in [-0.25, -0.2) is 4.79 Å². The van der Waals surface area contributed by atoms with Crippen molar-refractivity contribution in [2.75, 3.05) is 13.6 Å². The van der Waals surface area contributed by atoms with Gasteiger partial charge in [0, 0.05) is 24.5 Å². The first-order valence-corrected chi connectivity index (χ1v) is 5.24. The fraction of sp³-hybridized carbons (Fsp3) is 0.900. The van der Waals surface area contributed by atoms with Crippen LogP contribution in [0.5, 0.6) is 0 Å². The molecule has 92 valence electrons. The lowest BCUT2D eigenvalue weighted by atomic mass is 10.2. The van der Waals surface area contributed by atoms with E-state index in [2.05, 4.69) is 10.0 Å². The second-order valence-corrected chi connectivity index (χ2v) is 4.68. The Hall–Kier alpha value is -1.42. The highest BCUT2D eigenvalue weighted by Crippen LogP contribution is 2.11. The van der Waals surface area contributed by atoms with E-state index in [-0.39, 0.29) is 12.1 Å². The Morgan fingerprint density at radius 2 is 2.12 bits per heavy atom. The van der Waals surface area contributed by atoms with Crippen LogP contribution < -0.4 is 0 Å². The molecule has 0 heterocycles. The smallest absolute Gasteiger partial charge is 0.410 e. The first-order valence-electron chi connectivity index (χ1n) is 5.24. The number of azide groups is 1. The summed E-state index contributed by atoms with van der Waals surface area (Å²) in [6.07, 6.45) is 0.265. The normalized spacial score (nSPS) is 12.6. The Kier molecular flexibility index (Phi) is 5.67. The van der Waals surface area contributed by atoms with E-state index < -0.39 is 5.60 Å². The lowest BCUT2D eigenvalue weighted by molar-refractivity contribution is 0.0231. The van der Waals surface area contributed by atoms with Gasteiger partial charge in [0.1, 0.15) is 5.60 Å². The average molecular weight is 228 g/mol. The molecular formula is C10H20N4O2. The highest BCUT2D eigenvalue weighted by atomic mass is 16.6. The van der Waals surface area contributed by atoms with Gasteiger partial charge in [0.15, 0.2) is 0 Å². The molecule has 0 spiro atoms. The Labute approximate surface area is 96.2 Å². The summed E-state index contributed by atoms with van der Waals surface area (Å²) in [7, 11) is 1.68. The van der Waals surface area contributed by atoms with Crippen LogP contribution in [0, 0.1) is 0 Å². The molecule has 1 unspecified atom stereocenters. The highest BCUT2D eigenvalue weighted by molar-refractivity contribution is 5.68. The van der Waals surface area contributed by atoms with Crippen LogP contribution in [0.3, 0.4) is 0 Å². The van der Waals surface area contributed by atoms with E-state index in [1.807, 2.05) is 27.7 Å². The maximum atomic E-state index is 11.6. The number of nitrogens with zero attached hydrogens (tertiary/aromatic N) is 4. The van der Waals surface area contributed by atoms with Crippen LogP contribution in [0.4, 0.5) is 4.79 Å². The molecule has 0 aliphatic rings. The number of carbonyl (C=O) groups excluding carboxylic acids is 1. The molecule has 1 amide bonds. The van der Waals surface area contributed by atoms with Crippen molar-refractivity contribution in [3.63, 3.8) is 0 Å². The van der Waals surface area contributed by atoms with Crippen LogP contribution in [0.25, 0.3) is 10.4 Å². The lowest BCUT2D eigenvalue weighted by Gasteiger charge is -2.28. The second kappa shape index (κ2) is 6.23. The molecular weight excluding hydrogens is 208 g/mol. The lowest BCUT2D eigenvalue weighted by Crippen LogP contribution is -2.39. The highest BCUT2D eigenvalue weighted by Gasteiger charge is 2.22. The van der Waals surface area contributed by atoms with Gasteiger partial charge in [-0.1, -0.05) is 5.11 Å². The van der Waals surface area contributed by atoms with Gasteiger partial charge in [0.05, 0.1) is 0 Å². The van der Waals surface area contributed by atoms with Gasteiger partial charge >= 0.3 is 6.09 Å². The number of amides is 1. The average Bonchev–Trinajstić information content (AvgIpc) is 2.14. The van der Waals surface area contributed by atoms with Crippen molar-refractivity contribution < 1.29 is 9.53 Å². The zero-order chi connectivity index (χ0) is 12.8. The minimum Gasteiger partial charge on any atom is -0.444 e. The maximum Gasteiger partial charge on any atom is 0.410 e. The molecule has 6 nitrogen and oxygen atoms in total. The van der Waals surface area contributed by atoms with E-state index in [4.69, 9.17) is 10.3 Å². The third-order valence-electron chi connectivity index (χ3n) is 2.05. The first kappa shape index (κ1) is 14.6. The summed E-state index contributed by atoms with van der Waals surface area (Å²) in [5.41, 5.74) is 7.64. The molecule has 1 atom stereocenters. The Morgan fingerprint density at radius 3 is 2.56 bits per heavy atom. The predicted molar refractivity (Wildman–Crippen MR) is 62.1 cm³/mol. The van der Waals surface area contributed by atoms with Gasteiger partial charge < -0.3 is 9.64 Å². The summed E-state index contributed by atoms with van der Waals surface area (Å²) in [6.45, 7) is 7.73. The van der Waals surface area contributed by atoms with Gasteiger partial charge in [-0.3, -0.25) is 0 Å². The predicted octanol–water partition coefficient (Wildman–Crippen LogP) is 2.94. The van der Waals surface area contributed by atoms with E-state index in [0.29, 0.717) is 13.0 Å². The van der Waals surface area contributed by atoms with E-state index in [9.17, 15) is 4.79 Å². The van der Waals surface area contributed by atoms with Crippen molar-refractivity contribution >= 4 is 6.09 Å². The Bertz CT molecular complexity index is 279. The van der Waals surface area contributed by atoms with Crippen LogP contribution >= 0.6 is 0 Å². The second-order valence-electron chi connectivity index (χ2n) is 4.68. The van der Waals surface area contributed by atoms with Crippen LogP contribution in [0.15, 0.2) is 5.11 Å². The van der Waals surface area contributed by atoms with Crippen LogP contribution in [-0.2, 0) is 4.74 Å². The zero-order valence-corrected chi connectivity index (χ0v) is 10.6. The van der Waals surface area contributed by atoms with Crippen LogP contribution in [0.2, 0.25) is 0 Å². The van der Waals surface area contributed by atoms with Gasteiger partial charge in [-0.2, -0.15) is 0 Å². The summed E-state index contributed by atoms with van der Waals surface area (Å²) in [4.78, 5) is 15.8. The number of ether oxygens (including phenoxy) is 1. The zero-order valence-electron chi connectivity index (χ0n) is 10.6. The fourth-order valence-corrected chi connectivity index (χ4v) is 0.997. The molecule has 6 heteroatoms. The molecule has 0 saturated heterocycles. The summed E-state index contributed by atoms with van der Waals surface area (Å²) in [5, 5.41) is 3.43. The molecule has 0 aromatic heterocycles. The molecule has 16 heavy (non-hydrogen) atoms. The van der Waals surface area contributed by atoms with E-state index in [1.54, 1.807) is 7.05 Å². The van der Waals surface area contributed by atoms with Crippen molar-refractivity contribution in [1.82, 2.24) is 4.90 Å². The Balaban J connectivity index is 4.16. The SMILES string of the molecule is CC(CCN=[N+]=[N-])N(C)C(=O)OC(C)(C)C. The maximum absolute atomic E-state index is 11.6. The molecule has 0 bridgehead atoms. The van der Waals surface area contributed by atoms with Crippen molar-refractivity contribution in [2.24, 2.45) is 5.11 Å². The summed E-state index contributed by atoms with van der Waals surface area (Å²) in [5.74, 6) is 0. The summed E-state index contributed by atoms with van der Waals surface area (Å²) >= 11 is 0. The molecule has 0 rings (SSSR count).